The first-order valence-electron chi connectivity index (χ1n) is 14.2. The van der Waals surface area contributed by atoms with Crippen molar-refractivity contribution in [3.8, 4) is 23.0 Å². The summed E-state index contributed by atoms with van der Waals surface area (Å²) < 4.78 is 0. The second-order valence-corrected chi connectivity index (χ2v) is 11.6. The average Bonchev–Trinajstić information content (AvgIpc) is 2.91. The summed E-state index contributed by atoms with van der Waals surface area (Å²) in [5.41, 5.74) is 12.9. The SMILES string of the molecule is Cc1cc(O)ccc1C(c1ccc(O)cc1C)c1cc(C)c(C(c2ccc(O)cc2C)c2ccc(O)cc2C)cc1C. The predicted molar refractivity (Wildman–Crippen MR) is 169 cm³/mol. The number of phenolic OH excluding ortho intramolecular Hbond substituents is 4. The quantitative estimate of drug-likeness (QED) is 0.157. The Kier molecular flexibility index (Phi) is 7.74. The van der Waals surface area contributed by atoms with Crippen LogP contribution in [0.15, 0.2) is 84.9 Å². The first-order chi connectivity index (χ1) is 19.9. The minimum Gasteiger partial charge on any atom is -0.508 e. The van der Waals surface area contributed by atoms with Gasteiger partial charge in [-0.2, -0.15) is 0 Å². The van der Waals surface area contributed by atoms with Gasteiger partial charge in [-0.05, 0) is 157 Å². The summed E-state index contributed by atoms with van der Waals surface area (Å²) in [6, 6.07) is 26.6. The fourth-order valence-corrected chi connectivity index (χ4v) is 6.42. The van der Waals surface area contributed by atoms with Crippen LogP contribution in [0, 0.1) is 41.5 Å². The second kappa shape index (κ2) is 11.3. The van der Waals surface area contributed by atoms with Crippen molar-refractivity contribution < 1.29 is 20.4 Å². The molecule has 214 valence electrons. The van der Waals surface area contributed by atoms with Gasteiger partial charge in [0.25, 0.3) is 0 Å². The van der Waals surface area contributed by atoms with Gasteiger partial charge in [0.2, 0.25) is 0 Å². The van der Waals surface area contributed by atoms with E-state index in [0.29, 0.717) is 0 Å². The number of hydrogen-bond acceptors (Lipinski definition) is 4. The molecule has 0 aliphatic carbocycles. The lowest BCUT2D eigenvalue weighted by Crippen LogP contribution is -2.13. The molecule has 5 aromatic rings. The topological polar surface area (TPSA) is 80.9 Å². The molecule has 0 saturated carbocycles. The van der Waals surface area contributed by atoms with Crippen LogP contribution in [-0.4, -0.2) is 20.4 Å². The van der Waals surface area contributed by atoms with E-state index in [1.165, 1.54) is 0 Å². The van der Waals surface area contributed by atoms with Crippen molar-refractivity contribution in [3.63, 3.8) is 0 Å². The monoisotopic (exact) mass is 558 g/mol. The number of hydrogen-bond donors (Lipinski definition) is 4. The van der Waals surface area contributed by atoms with E-state index in [1.54, 1.807) is 48.5 Å². The molecule has 0 atom stereocenters. The number of rotatable bonds is 6. The van der Waals surface area contributed by atoms with Gasteiger partial charge in [-0.25, -0.2) is 0 Å². The molecule has 0 unspecified atom stereocenters. The Morgan fingerprint density at radius 3 is 0.738 bits per heavy atom. The molecule has 42 heavy (non-hydrogen) atoms. The van der Waals surface area contributed by atoms with Gasteiger partial charge in [-0.15, -0.1) is 0 Å². The smallest absolute Gasteiger partial charge is 0.115 e. The van der Waals surface area contributed by atoms with Crippen molar-refractivity contribution >= 4 is 0 Å². The highest BCUT2D eigenvalue weighted by molar-refractivity contribution is 5.58. The Balaban J connectivity index is 1.76. The molecular weight excluding hydrogens is 520 g/mol. The zero-order valence-corrected chi connectivity index (χ0v) is 25.0. The fraction of sp³-hybridized carbons (Fsp3) is 0.211. The van der Waals surface area contributed by atoms with Crippen molar-refractivity contribution in [1.29, 1.82) is 0 Å². The molecule has 0 amide bonds. The zero-order chi connectivity index (χ0) is 30.3. The molecule has 0 fully saturated rings. The first kappa shape index (κ1) is 28.8. The molecular formula is C38H38O4. The van der Waals surface area contributed by atoms with E-state index in [1.807, 2.05) is 52.0 Å². The fourth-order valence-electron chi connectivity index (χ4n) is 6.42. The highest BCUT2D eigenvalue weighted by atomic mass is 16.3. The van der Waals surface area contributed by atoms with Crippen LogP contribution in [0.3, 0.4) is 0 Å². The molecule has 4 N–H and O–H groups in total. The maximum atomic E-state index is 10.2. The Morgan fingerprint density at radius 1 is 0.310 bits per heavy atom. The van der Waals surface area contributed by atoms with Crippen molar-refractivity contribution in [2.24, 2.45) is 0 Å². The first-order valence-corrected chi connectivity index (χ1v) is 14.2. The van der Waals surface area contributed by atoms with Crippen molar-refractivity contribution in [2.45, 2.75) is 53.4 Å². The third-order valence-corrected chi connectivity index (χ3v) is 8.53. The number of aryl methyl sites for hydroxylation is 6. The van der Waals surface area contributed by atoms with E-state index in [2.05, 4.69) is 26.0 Å². The molecule has 5 rings (SSSR count). The summed E-state index contributed by atoms with van der Waals surface area (Å²) in [4.78, 5) is 0. The Bertz CT molecular complexity index is 1560. The Hall–Kier alpha value is -4.70. The van der Waals surface area contributed by atoms with Crippen LogP contribution in [0.2, 0.25) is 0 Å². The molecule has 4 nitrogen and oxygen atoms in total. The lowest BCUT2D eigenvalue weighted by molar-refractivity contribution is 0.473. The van der Waals surface area contributed by atoms with Crippen LogP contribution in [-0.2, 0) is 0 Å². The Morgan fingerprint density at radius 2 is 0.524 bits per heavy atom. The number of phenols is 4. The van der Waals surface area contributed by atoms with E-state index in [9.17, 15) is 20.4 Å². The number of aromatic hydroxyl groups is 4. The summed E-state index contributed by atoms with van der Waals surface area (Å²) in [5, 5.41) is 40.7. The molecule has 0 bridgehead atoms. The van der Waals surface area contributed by atoms with E-state index in [0.717, 1.165) is 66.8 Å². The van der Waals surface area contributed by atoms with Gasteiger partial charge in [0.15, 0.2) is 0 Å². The second-order valence-electron chi connectivity index (χ2n) is 11.6. The van der Waals surface area contributed by atoms with Gasteiger partial charge >= 0.3 is 0 Å². The summed E-state index contributed by atoms with van der Waals surface area (Å²) in [5.74, 6) is 0.717. The lowest BCUT2D eigenvalue weighted by Gasteiger charge is -2.29. The lowest BCUT2D eigenvalue weighted by atomic mass is 9.75. The van der Waals surface area contributed by atoms with Crippen molar-refractivity contribution in [2.75, 3.05) is 0 Å². The third kappa shape index (κ3) is 5.45. The molecule has 4 heteroatoms. The molecule has 5 aromatic carbocycles. The van der Waals surface area contributed by atoms with Crippen LogP contribution in [0.5, 0.6) is 23.0 Å². The third-order valence-electron chi connectivity index (χ3n) is 8.53. The zero-order valence-electron chi connectivity index (χ0n) is 25.0. The largest absolute Gasteiger partial charge is 0.508 e. The van der Waals surface area contributed by atoms with E-state index < -0.39 is 0 Å². The van der Waals surface area contributed by atoms with E-state index in [-0.39, 0.29) is 34.8 Å². The minimum absolute atomic E-state index is 0.108. The molecule has 0 saturated heterocycles. The summed E-state index contributed by atoms with van der Waals surface area (Å²) >= 11 is 0. The molecule has 0 aliphatic rings. The van der Waals surface area contributed by atoms with Gasteiger partial charge in [0.1, 0.15) is 23.0 Å². The molecule has 0 radical (unpaired) electrons. The molecule has 0 heterocycles. The average molecular weight is 559 g/mol. The van der Waals surface area contributed by atoms with Gasteiger partial charge in [-0.3, -0.25) is 0 Å². The minimum atomic E-state index is -0.108. The van der Waals surface area contributed by atoms with E-state index >= 15 is 0 Å². The van der Waals surface area contributed by atoms with Gasteiger partial charge < -0.3 is 20.4 Å². The van der Waals surface area contributed by atoms with Crippen LogP contribution in [0.1, 0.15) is 78.6 Å². The van der Waals surface area contributed by atoms with Crippen LogP contribution in [0.4, 0.5) is 0 Å². The summed E-state index contributed by atoms with van der Waals surface area (Å²) in [6.45, 7) is 12.4. The highest BCUT2D eigenvalue weighted by Crippen LogP contribution is 2.43. The van der Waals surface area contributed by atoms with Crippen LogP contribution >= 0.6 is 0 Å². The predicted octanol–water partition coefficient (Wildman–Crippen LogP) is 8.72. The summed E-state index contributed by atoms with van der Waals surface area (Å²) in [7, 11) is 0. The highest BCUT2D eigenvalue weighted by Gasteiger charge is 2.27. The summed E-state index contributed by atoms with van der Waals surface area (Å²) in [6.07, 6.45) is 0. The van der Waals surface area contributed by atoms with Crippen molar-refractivity contribution in [1.82, 2.24) is 0 Å². The molecule has 0 spiro atoms. The van der Waals surface area contributed by atoms with Crippen LogP contribution in [0.25, 0.3) is 0 Å². The maximum Gasteiger partial charge on any atom is 0.115 e. The standard InChI is InChI=1S/C38H38O4/c1-21-15-27(39)7-11-31(21)37(32-12-8-28(40)16-22(32)2)35-19-26(6)36(20-25(35)5)38(33-13-9-29(41)17-23(33)3)34-14-10-30(42)18-24(34)4/h7-20,37-42H,1-6H3. The van der Waals surface area contributed by atoms with E-state index in [4.69, 9.17) is 0 Å². The molecule has 0 aromatic heterocycles. The maximum absolute atomic E-state index is 10.2. The van der Waals surface area contributed by atoms with Crippen molar-refractivity contribution in [3.05, 3.63) is 152 Å². The van der Waals surface area contributed by atoms with Gasteiger partial charge in [0, 0.05) is 11.8 Å². The molecule has 0 aliphatic heterocycles. The van der Waals surface area contributed by atoms with Gasteiger partial charge in [-0.1, -0.05) is 36.4 Å². The number of benzene rings is 5. The van der Waals surface area contributed by atoms with Gasteiger partial charge in [0.05, 0.1) is 0 Å². The normalized spacial score (nSPS) is 11.4. The van der Waals surface area contributed by atoms with Crippen LogP contribution < -0.4 is 0 Å². The Labute approximate surface area is 248 Å².